The first kappa shape index (κ1) is 14.9. The summed E-state index contributed by atoms with van der Waals surface area (Å²) in [6, 6.07) is 5.21. The summed E-state index contributed by atoms with van der Waals surface area (Å²) in [7, 11) is 0. The van der Waals surface area contributed by atoms with Gasteiger partial charge in [-0.2, -0.15) is 0 Å². The Bertz CT molecular complexity index is 531. The third kappa shape index (κ3) is 3.52. The molecule has 1 aromatic carbocycles. The number of aliphatic hydroxyl groups is 1. The Morgan fingerprint density at radius 2 is 2.25 bits per heavy atom. The summed E-state index contributed by atoms with van der Waals surface area (Å²) in [6.45, 7) is 4.00. The number of aliphatic hydroxyl groups excluding tert-OH is 1. The van der Waals surface area contributed by atoms with Crippen LogP contribution >= 0.6 is 11.8 Å². The van der Waals surface area contributed by atoms with Crippen LogP contribution in [0.1, 0.15) is 24.2 Å². The molecule has 0 saturated carbocycles. The van der Waals surface area contributed by atoms with Crippen molar-refractivity contribution in [1.29, 1.82) is 0 Å². The molecule has 0 aliphatic carbocycles. The van der Waals surface area contributed by atoms with Crippen molar-refractivity contribution in [3.63, 3.8) is 0 Å². The standard InChI is InChI=1S/C14H18N2O3S/c1-8(2)11(17)6-15-14(19)9-3-4-12-10(5-9)16-13(18)7-20-12/h3-5,8,11,17H,6-7H2,1-2H3,(H,15,19)(H,16,18). The van der Waals surface area contributed by atoms with Gasteiger partial charge in [0.05, 0.1) is 17.5 Å². The lowest BCUT2D eigenvalue weighted by molar-refractivity contribution is -0.113. The van der Waals surface area contributed by atoms with Gasteiger partial charge in [-0.15, -0.1) is 11.8 Å². The van der Waals surface area contributed by atoms with Gasteiger partial charge in [-0.1, -0.05) is 13.8 Å². The average molecular weight is 294 g/mol. The number of amides is 2. The van der Waals surface area contributed by atoms with Crippen LogP contribution in [0.3, 0.4) is 0 Å². The zero-order valence-electron chi connectivity index (χ0n) is 11.5. The molecule has 5 nitrogen and oxygen atoms in total. The topological polar surface area (TPSA) is 78.4 Å². The highest BCUT2D eigenvalue weighted by Crippen LogP contribution is 2.31. The molecule has 20 heavy (non-hydrogen) atoms. The quantitative estimate of drug-likeness (QED) is 0.786. The van der Waals surface area contributed by atoms with Crippen LogP contribution in [0.5, 0.6) is 0 Å². The van der Waals surface area contributed by atoms with Gasteiger partial charge < -0.3 is 15.7 Å². The second kappa shape index (κ2) is 6.28. The van der Waals surface area contributed by atoms with Gasteiger partial charge in [-0.05, 0) is 24.1 Å². The molecule has 1 aliphatic rings. The summed E-state index contributed by atoms with van der Waals surface area (Å²) in [5.41, 5.74) is 1.14. The van der Waals surface area contributed by atoms with Crippen LogP contribution < -0.4 is 10.6 Å². The van der Waals surface area contributed by atoms with Crippen molar-refractivity contribution in [2.24, 2.45) is 5.92 Å². The monoisotopic (exact) mass is 294 g/mol. The number of hydrogen-bond donors (Lipinski definition) is 3. The summed E-state index contributed by atoms with van der Waals surface area (Å²) < 4.78 is 0. The zero-order chi connectivity index (χ0) is 14.7. The fraction of sp³-hybridized carbons (Fsp3) is 0.429. The van der Waals surface area contributed by atoms with E-state index in [1.807, 2.05) is 19.9 Å². The van der Waals surface area contributed by atoms with E-state index in [-0.39, 0.29) is 24.3 Å². The van der Waals surface area contributed by atoms with E-state index < -0.39 is 6.10 Å². The molecule has 1 atom stereocenters. The van der Waals surface area contributed by atoms with Crippen molar-refractivity contribution in [2.75, 3.05) is 17.6 Å². The number of nitrogens with one attached hydrogen (secondary N) is 2. The van der Waals surface area contributed by atoms with E-state index in [0.717, 1.165) is 4.90 Å². The number of thioether (sulfide) groups is 1. The van der Waals surface area contributed by atoms with Gasteiger partial charge in [0.1, 0.15) is 0 Å². The summed E-state index contributed by atoms with van der Waals surface area (Å²) in [5.74, 6) is 0.182. The molecular formula is C14H18N2O3S. The number of rotatable bonds is 4. The molecule has 1 aromatic rings. The van der Waals surface area contributed by atoms with Gasteiger partial charge >= 0.3 is 0 Å². The SMILES string of the molecule is CC(C)C(O)CNC(=O)c1ccc2c(c1)NC(=O)CS2. The molecule has 108 valence electrons. The number of hydrogen-bond acceptors (Lipinski definition) is 4. The molecule has 2 amide bonds. The molecule has 0 aromatic heterocycles. The molecule has 2 rings (SSSR count). The van der Waals surface area contributed by atoms with Crippen LogP contribution in [0, 0.1) is 5.92 Å². The lowest BCUT2D eigenvalue weighted by Crippen LogP contribution is -2.34. The maximum absolute atomic E-state index is 12.0. The van der Waals surface area contributed by atoms with Crippen LogP contribution in [0.25, 0.3) is 0 Å². The summed E-state index contributed by atoms with van der Waals surface area (Å²) >= 11 is 1.46. The fourth-order valence-electron chi connectivity index (χ4n) is 1.76. The maximum atomic E-state index is 12.0. The normalized spacial score (nSPS) is 15.5. The van der Waals surface area contributed by atoms with Crippen molar-refractivity contribution in [3.05, 3.63) is 23.8 Å². The lowest BCUT2D eigenvalue weighted by Gasteiger charge is -2.18. The van der Waals surface area contributed by atoms with Gasteiger partial charge in [0.15, 0.2) is 0 Å². The molecule has 0 radical (unpaired) electrons. The molecule has 1 unspecified atom stereocenters. The first-order valence-corrected chi connectivity index (χ1v) is 7.49. The minimum Gasteiger partial charge on any atom is -0.391 e. The van der Waals surface area contributed by atoms with E-state index in [2.05, 4.69) is 10.6 Å². The molecule has 0 spiro atoms. The lowest BCUT2D eigenvalue weighted by atomic mass is 10.1. The molecule has 0 saturated heterocycles. The van der Waals surface area contributed by atoms with Crippen molar-refractivity contribution in [2.45, 2.75) is 24.8 Å². The van der Waals surface area contributed by atoms with Crippen LogP contribution in [-0.2, 0) is 4.79 Å². The number of benzene rings is 1. The highest BCUT2D eigenvalue weighted by molar-refractivity contribution is 8.00. The van der Waals surface area contributed by atoms with Crippen molar-refractivity contribution >= 4 is 29.3 Å². The first-order chi connectivity index (χ1) is 9.47. The Hall–Kier alpha value is -1.53. The predicted molar refractivity (Wildman–Crippen MR) is 79.0 cm³/mol. The largest absolute Gasteiger partial charge is 0.391 e. The third-order valence-corrected chi connectivity index (χ3v) is 4.19. The van der Waals surface area contributed by atoms with E-state index in [1.165, 1.54) is 11.8 Å². The first-order valence-electron chi connectivity index (χ1n) is 6.50. The summed E-state index contributed by atoms with van der Waals surface area (Å²) in [5, 5.41) is 15.1. The number of anilines is 1. The molecule has 0 fully saturated rings. The minimum absolute atomic E-state index is 0.0599. The van der Waals surface area contributed by atoms with Crippen molar-refractivity contribution < 1.29 is 14.7 Å². The van der Waals surface area contributed by atoms with Gasteiger partial charge in [0, 0.05) is 17.0 Å². The van der Waals surface area contributed by atoms with Gasteiger partial charge in [0.25, 0.3) is 5.91 Å². The van der Waals surface area contributed by atoms with Crippen LogP contribution in [0.2, 0.25) is 0 Å². The average Bonchev–Trinajstić information content (AvgIpc) is 2.43. The summed E-state index contributed by atoms with van der Waals surface area (Å²) in [4.78, 5) is 24.3. The van der Waals surface area contributed by atoms with Crippen LogP contribution in [0.4, 0.5) is 5.69 Å². The van der Waals surface area contributed by atoms with Crippen LogP contribution in [0.15, 0.2) is 23.1 Å². The smallest absolute Gasteiger partial charge is 0.251 e. The second-order valence-corrected chi connectivity index (χ2v) is 6.09. The number of carbonyl (C=O) groups is 2. The van der Waals surface area contributed by atoms with E-state index in [4.69, 9.17) is 0 Å². The highest BCUT2D eigenvalue weighted by atomic mass is 32.2. The third-order valence-electron chi connectivity index (χ3n) is 3.12. The van der Waals surface area contributed by atoms with E-state index in [9.17, 15) is 14.7 Å². The van der Waals surface area contributed by atoms with Crippen molar-refractivity contribution in [3.8, 4) is 0 Å². The molecule has 1 heterocycles. The predicted octanol–water partition coefficient (Wildman–Crippen LogP) is 1.48. The molecule has 3 N–H and O–H groups in total. The Balaban J connectivity index is 2.04. The van der Waals surface area contributed by atoms with Gasteiger partial charge in [-0.3, -0.25) is 9.59 Å². The van der Waals surface area contributed by atoms with Gasteiger partial charge in [0.2, 0.25) is 5.91 Å². The van der Waals surface area contributed by atoms with Crippen LogP contribution in [-0.4, -0.2) is 35.3 Å². The Morgan fingerprint density at radius 1 is 1.50 bits per heavy atom. The summed E-state index contributed by atoms with van der Waals surface area (Å²) in [6.07, 6.45) is -0.563. The van der Waals surface area contributed by atoms with E-state index >= 15 is 0 Å². The zero-order valence-corrected chi connectivity index (χ0v) is 12.3. The maximum Gasteiger partial charge on any atom is 0.251 e. The highest BCUT2D eigenvalue weighted by Gasteiger charge is 2.18. The molecule has 6 heteroatoms. The van der Waals surface area contributed by atoms with Gasteiger partial charge in [-0.25, -0.2) is 0 Å². The second-order valence-electron chi connectivity index (χ2n) is 5.07. The number of carbonyl (C=O) groups excluding carboxylic acids is 2. The minimum atomic E-state index is -0.563. The molecular weight excluding hydrogens is 276 g/mol. The molecule has 1 aliphatic heterocycles. The Labute approximate surface area is 122 Å². The van der Waals surface area contributed by atoms with E-state index in [1.54, 1.807) is 12.1 Å². The Morgan fingerprint density at radius 3 is 2.95 bits per heavy atom. The van der Waals surface area contributed by atoms with Crippen molar-refractivity contribution in [1.82, 2.24) is 5.32 Å². The molecule has 0 bridgehead atoms. The fourth-order valence-corrected chi connectivity index (χ4v) is 2.55. The van der Waals surface area contributed by atoms with E-state index in [0.29, 0.717) is 17.0 Å². The Kier molecular flexibility index (Phi) is 4.67. The number of fused-ring (bicyclic) bond motifs is 1.